The van der Waals surface area contributed by atoms with Crippen LogP contribution in [-0.4, -0.2) is 18.8 Å². The fraction of sp³-hybridized carbons (Fsp3) is 0.222. The number of allylic oxidation sites excluding steroid dienone is 1. The lowest BCUT2D eigenvalue weighted by atomic mass is 10.0. The number of hydrogen-bond donors (Lipinski definition) is 1. The molecule has 1 unspecified atom stereocenters. The minimum absolute atomic E-state index is 0.392. The van der Waals surface area contributed by atoms with Crippen molar-refractivity contribution < 1.29 is 14.6 Å². The first-order valence-corrected chi connectivity index (χ1v) is 6.70. The molecule has 0 aliphatic rings. The number of benzene rings is 1. The maximum Gasteiger partial charge on any atom is 0.125 e. The monoisotopic (exact) mass is 286 g/mol. The molecule has 21 heavy (non-hydrogen) atoms. The van der Waals surface area contributed by atoms with Crippen molar-refractivity contribution in [3.05, 3.63) is 73.1 Å². The normalized spacial score (nSPS) is 11.9. The van der Waals surface area contributed by atoms with Crippen molar-refractivity contribution in [2.45, 2.75) is 12.5 Å². The Morgan fingerprint density at radius 1 is 1.33 bits per heavy atom. The summed E-state index contributed by atoms with van der Waals surface area (Å²) >= 11 is 0. The van der Waals surface area contributed by atoms with Gasteiger partial charge in [-0.25, -0.2) is 0 Å². The molecule has 0 spiro atoms. The molecule has 3 nitrogen and oxygen atoms in total. The van der Waals surface area contributed by atoms with Crippen molar-refractivity contribution in [3.63, 3.8) is 0 Å². The molecular formula is C18H22O3. The zero-order valence-corrected chi connectivity index (χ0v) is 12.4. The van der Waals surface area contributed by atoms with Crippen molar-refractivity contribution >= 4 is 6.08 Å². The second-order valence-corrected chi connectivity index (χ2v) is 4.44. The smallest absolute Gasteiger partial charge is 0.125 e. The highest BCUT2D eigenvalue weighted by Crippen LogP contribution is 2.29. The number of rotatable bonds is 9. The lowest BCUT2D eigenvalue weighted by molar-refractivity contribution is 0.176. The zero-order valence-electron chi connectivity index (χ0n) is 12.4. The maximum atomic E-state index is 10.2. The van der Waals surface area contributed by atoms with E-state index in [1.165, 1.54) is 0 Å². The first kappa shape index (κ1) is 16.8. The Labute approximate surface area is 126 Å². The van der Waals surface area contributed by atoms with Gasteiger partial charge in [-0.05, 0) is 30.2 Å². The second-order valence-electron chi connectivity index (χ2n) is 4.44. The van der Waals surface area contributed by atoms with Gasteiger partial charge in [-0.3, -0.25) is 0 Å². The third-order valence-corrected chi connectivity index (χ3v) is 2.86. The van der Waals surface area contributed by atoms with Crippen molar-refractivity contribution in [2.24, 2.45) is 0 Å². The van der Waals surface area contributed by atoms with Crippen LogP contribution in [0.25, 0.3) is 6.08 Å². The highest BCUT2D eigenvalue weighted by molar-refractivity contribution is 5.55. The molecule has 3 heteroatoms. The predicted molar refractivity (Wildman–Crippen MR) is 87.1 cm³/mol. The third kappa shape index (κ3) is 5.32. The second kappa shape index (κ2) is 8.82. The lowest BCUT2D eigenvalue weighted by Gasteiger charge is -2.15. The molecule has 112 valence electrons. The van der Waals surface area contributed by atoms with E-state index in [-0.39, 0.29) is 0 Å². The van der Waals surface area contributed by atoms with E-state index in [1.54, 1.807) is 25.3 Å². The lowest BCUT2D eigenvalue weighted by Crippen LogP contribution is -2.02. The first-order chi connectivity index (χ1) is 10.1. The Hall–Kier alpha value is -2.26. The molecule has 1 N–H and O–H groups in total. The number of hydrogen-bond acceptors (Lipinski definition) is 3. The minimum atomic E-state index is -0.652. The van der Waals surface area contributed by atoms with Gasteiger partial charge in [-0.1, -0.05) is 37.5 Å². The molecule has 0 saturated heterocycles. The molecular weight excluding hydrogens is 264 g/mol. The van der Waals surface area contributed by atoms with E-state index in [0.717, 1.165) is 11.1 Å². The van der Waals surface area contributed by atoms with Crippen LogP contribution >= 0.6 is 0 Å². The van der Waals surface area contributed by atoms with Gasteiger partial charge in [-0.2, -0.15) is 0 Å². The van der Waals surface area contributed by atoms with E-state index in [9.17, 15) is 5.11 Å². The number of ether oxygens (including phenoxy) is 2. The molecule has 0 aromatic heterocycles. The Bertz CT molecular complexity index is 529. The third-order valence-electron chi connectivity index (χ3n) is 2.86. The van der Waals surface area contributed by atoms with Gasteiger partial charge in [0.25, 0.3) is 0 Å². The molecule has 1 aromatic carbocycles. The zero-order chi connectivity index (χ0) is 15.7. The topological polar surface area (TPSA) is 38.7 Å². The first-order valence-electron chi connectivity index (χ1n) is 6.70. The summed E-state index contributed by atoms with van der Waals surface area (Å²) in [4.78, 5) is 0. The van der Waals surface area contributed by atoms with Crippen LogP contribution in [0.2, 0.25) is 0 Å². The van der Waals surface area contributed by atoms with Crippen LogP contribution in [0.15, 0.2) is 61.9 Å². The van der Waals surface area contributed by atoms with Crippen molar-refractivity contribution in [2.75, 3.05) is 13.7 Å². The van der Waals surface area contributed by atoms with Gasteiger partial charge in [0.2, 0.25) is 0 Å². The van der Waals surface area contributed by atoms with Gasteiger partial charge >= 0.3 is 0 Å². The van der Waals surface area contributed by atoms with E-state index >= 15 is 0 Å². The Morgan fingerprint density at radius 2 is 2.10 bits per heavy atom. The molecule has 0 saturated carbocycles. The van der Waals surface area contributed by atoms with Crippen LogP contribution in [0.1, 0.15) is 23.7 Å². The van der Waals surface area contributed by atoms with Gasteiger partial charge in [0, 0.05) is 5.56 Å². The standard InChI is InChI=1S/C18H22O3/c1-5-7-17(19)16-13-15(9-8-14(3)20-4)10-11-18(16)21-12-6-2/h5-6,8-11,13,17,19H,1-3,7,12H2,4H3/b9-8-. The highest BCUT2D eigenvalue weighted by atomic mass is 16.5. The molecule has 1 aromatic rings. The quantitative estimate of drug-likeness (QED) is 0.423. The van der Waals surface area contributed by atoms with E-state index in [1.807, 2.05) is 24.3 Å². The molecule has 0 fully saturated rings. The number of aliphatic hydroxyl groups is 1. The van der Waals surface area contributed by atoms with Gasteiger partial charge in [0.05, 0.1) is 13.2 Å². The van der Waals surface area contributed by atoms with Crippen molar-refractivity contribution in [1.82, 2.24) is 0 Å². The summed E-state index contributed by atoms with van der Waals surface area (Å²) in [6.45, 7) is 11.4. The largest absolute Gasteiger partial charge is 0.497 e. The minimum Gasteiger partial charge on any atom is -0.497 e. The average Bonchev–Trinajstić information content (AvgIpc) is 2.51. The van der Waals surface area contributed by atoms with Crippen LogP contribution in [0, 0.1) is 0 Å². The molecule has 0 radical (unpaired) electrons. The summed E-state index contributed by atoms with van der Waals surface area (Å²) in [5, 5.41) is 10.2. The van der Waals surface area contributed by atoms with Crippen LogP contribution in [0.4, 0.5) is 0 Å². The molecule has 0 aliphatic heterocycles. The Kier molecular flexibility index (Phi) is 7.05. The van der Waals surface area contributed by atoms with Crippen molar-refractivity contribution in [3.8, 4) is 5.75 Å². The number of methoxy groups -OCH3 is 1. The van der Waals surface area contributed by atoms with Gasteiger partial charge in [0.1, 0.15) is 18.1 Å². The van der Waals surface area contributed by atoms with Crippen LogP contribution < -0.4 is 4.74 Å². The fourth-order valence-corrected chi connectivity index (χ4v) is 1.75. The summed E-state index contributed by atoms with van der Waals surface area (Å²) in [6, 6.07) is 5.62. The van der Waals surface area contributed by atoms with E-state index in [2.05, 4.69) is 19.7 Å². The van der Waals surface area contributed by atoms with Gasteiger partial charge in [-0.15, -0.1) is 6.58 Å². The number of aliphatic hydroxyl groups excluding tert-OH is 1. The molecule has 1 atom stereocenters. The fourth-order valence-electron chi connectivity index (χ4n) is 1.75. The van der Waals surface area contributed by atoms with Crippen LogP contribution in [-0.2, 0) is 4.74 Å². The molecule has 0 aliphatic carbocycles. The van der Waals surface area contributed by atoms with Gasteiger partial charge in [0.15, 0.2) is 0 Å². The molecule has 0 bridgehead atoms. The maximum absolute atomic E-state index is 10.2. The summed E-state index contributed by atoms with van der Waals surface area (Å²) in [5.74, 6) is 1.21. The Morgan fingerprint density at radius 3 is 2.71 bits per heavy atom. The van der Waals surface area contributed by atoms with Crippen LogP contribution in [0.5, 0.6) is 5.75 Å². The molecule has 0 heterocycles. The highest BCUT2D eigenvalue weighted by Gasteiger charge is 2.12. The van der Waals surface area contributed by atoms with Crippen LogP contribution in [0.3, 0.4) is 0 Å². The van der Waals surface area contributed by atoms with E-state index in [4.69, 9.17) is 9.47 Å². The predicted octanol–water partition coefficient (Wildman–Crippen LogP) is 4.03. The molecule has 1 rings (SSSR count). The van der Waals surface area contributed by atoms with E-state index < -0.39 is 6.10 Å². The van der Waals surface area contributed by atoms with Gasteiger partial charge < -0.3 is 14.6 Å². The molecule has 0 amide bonds. The summed E-state index contributed by atoms with van der Waals surface area (Å²) in [6.07, 6.45) is 6.79. The SMILES string of the molecule is C=CCOc1ccc(/C=C\C(=C)OC)cc1C(O)CC=C. The van der Waals surface area contributed by atoms with E-state index in [0.29, 0.717) is 24.5 Å². The summed E-state index contributed by atoms with van der Waals surface area (Å²) in [7, 11) is 1.57. The summed E-state index contributed by atoms with van der Waals surface area (Å²) in [5.41, 5.74) is 1.65. The van der Waals surface area contributed by atoms with Crippen molar-refractivity contribution in [1.29, 1.82) is 0 Å². The summed E-state index contributed by atoms with van der Waals surface area (Å²) < 4.78 is 10.6. The average molecular weight is 286 g/mol. The Balaban J connectivity index is 3.06.